The first-order valence-corrected chi connectivity index (χ1v) is 9.41. The molecule has 1 aromatic rings. The van der Waals surface area contributed by atoms with E-state index in [0.29, 0.717) is 22.6 Å². The number of rotatable bonds is 2. The number of carbonyl (C=O) groups excluding carboxylic acids is 1. The first-order valence-electron chi connectivity index (χ1n) is 9.41. The number of fused-ring (bicyclic) bond motifs is 2. The number of hydrogen-bond donors (Lipinski definition) is 0. The van der Waals surface area contributed by atoms with Gasteiger partial charge in [-0.1, -0.05) is 0 Å². The molecule has 3 aliphatic rings. The highest BCUT2D eigenvalue weighted by Gasteiger charge is 2.20. The van der Waals surface area contributed by atoms with Gasteiger partial charge in [-0.2, -0.15) is 0 Å². The van der Waals surface area contributed by atoms with Crippen LogP contribution in [0.1, 0.15) is 6.92 Å². The number of carbonyl (C=O) groups is 1. The van der Waals surface area contributed by atoms with Gasteiger partial charge in [-0.05, 0) is 13.1 Å². The van der Waals surface area contributed by atoms with E-state index in [9.17, 15) is 4.79 Å². The fourth-order valence-corrected chi connectivity index (χ4v) is 3.43. The van der Waals surface area contributed by atoms with E-state index >= 15 is 0 Å². The van der Waals surface area contributed by atoms with Gasteiger partial charge in [0.2, 0.25) is 5.36 Å². The maximum Gasteiger partial charge on any atom is 0.308 e. The van der Waals surface area contributed by atoms with Crippen molar-refractivity contribution in [2.24, 2.45) is 0 Å². The second-order valence-electron chi connectivity index (χ2n) is 7.43. The highest BCUT2D eigenvalue weighted by molar-refractivity contribution is 5.88. The SMILES string of the molecule is CC(=O)Oc1cc(N2CCN(C)CC2)cc2oc3cc(=[N+](C)C)ccc-3nc12. The van der Waals surface area contributed by atoms with Crippen LogP contribution < -0.4 is 19.6 Å². The van der Waals surface area contributed by atoms with Gasteiger partial charge in [-0.3, -0.25) is 4.79 Å². The lowest BCUT2D eigenvalue weighted by atomic mass is 10.2. The number of likely N-dealkylation sites (N-methyl/N-ethyl adjacent to an activating group) is 1. The molecule has 7 heteroatoms. The smallest absolute Gasteiger partial charge is 0.308 e. The molecular formula is C21H25N4O3+. The Balaban J connectivity index is 1.90. The van der Waals surface area contributed by atoms with Crippen LogP contribution >= 0.6 is 0 Å². The number of hydrogen-bond acceptors (Lipinski definition) is 6. The fourth-order valence-electron chi connectivity index (χ4n) is 3.43. The van der Waals surface area contributed by atoms with Gasteiger partial charge in [0, 0.05) is 57.0 Å². The summed E-state index contributed by atoms with van der Waals surface area (Å²) in [6, 6.07) is 9.75. The molecule has 0 bridgehead atoms. The molecule has 0 saturated carbocycles. The Kier molecular flexibility index (Phi) is 4.77. The Labute approximate surface area is 163 Å². The molecule has 0 atom stereocenters. The predicted octanol–water partition coefficient (Wildman–Crippen LogP) is 1.64. The number of aromatic nitrogens is 1. The maximum atomic E-state index is 11.7. The Morgan fingerprint density at radius 1 is 1.14 bits per heavy atom. The van der Waals surface area contributed by atoms with Crippen LogP contribution in [-0.4, -0.2) is 63.2 Å². The minimum absolute atomic E-state index is 0.373. The van der Waals surface area contributed by atoms with E-state index in [2.05, 4.69) is 16.8 Å². The van der Waals surface area contributed by atoms with Crippen LogP contribution in [0.25, 0.3) is 22.6 Å². The molecule has 4 rings (SSSR count). The van der Waals surface area contributed by atoms with Gasteiger partial charge < -0.3 is 19.0 Å². The van der Waals surface area contributed by atoms with E-state index in [1.54, 1.807) is 0 Å². The van der Waals surface area contributed by atoms with Gasteiger partial charge in [0.05, 0.1) is 6.07 Å². The van der Waals surface area contributed by atoms with Crippen LogP contribution in [0.5, 0.6) is 5.75 Å². The number of benzene rings is 2. The third-order valence-electron chi connectivity index (χ3n) is 5.06. The van der Waals surface area contributed by atoms with Crippen molar-refractivity contribution in [1.82, 2.24) is 14.5 Å². The predicted molar refractivity (Wildman–Crippen MR) is 109 cm³/mol. The Hall–Kier alpha value is -2.93. The highest BCUT2D eigenvalue weighted by atomic mass is 16.5. The van der Waals surface area contributed by atoms with Gasteiger partial charge in [0.15, 0.2) is 17.1 Å². The summed E-state index contributed by atoms with van der Waals surface area (Å²) < 4.78 is 13.7. The Bertz CT molecular complexity index is 1080. The number of ether oxygens (including phenoxy) is 1. The van der Waals surface area contributed by atoms with Gasteiger partial charge in [-0.25, -0.2) is 9.56 Å². The molecule has 1 saturated heterocycles. The zero-order chi connectivity index (χ0) is 19.8. The molecule has 28 heavy (non-hydrogen) atoms. The maximum absolute atomic E-state index is 11.7. The Morgan fingerprint density at radius 3 is 2.57 bits per heavy atom. The summed E-state index contributed by atoms with van der Waals surface area (Å²) in [5, 5.41) is 1.04. The van der Waals surface area contributed by atoms with Crippen molar-refractivity contribution in [2.45, 2.75) is 6.92 Å². The van der Waals surface area contributed by atoms with E-state index < -0.39 is 0 Å². The standard InChI is InChI=1S/C21H25N4O3/c1-14(26)27-19-12-16(25-9-7-24(4)8-10-25)13-20-21(19)22-17-6-5-15(23(2)3)11-18(17)28-20/h5-6,11-13H,7-10H2,1-4H3/q+1. The molecule has 1 aromatic carbocycles. The molecule has 2 heterocycles. The summed E-state index contributed by atoms with van der Waals surface area (Å²) in [4.78, 5) is 21.0. The summed E-state index contributed by atoms with van der Waals surface area (Å²) >= 11 is 0. The van der Waals surface area contributed by atoms with Crippen molar-refractivity contribution in [2.75, 3.05) is 52.2 Å². The number of piperazine rings is 1. The van der Waals surface area contributed by atoms with Crippen molar-refractivity contribution < 1.29 is 13.9 Å². The summed E-state index contributed by atoms with van der Waals surface area (Å²) in [5.41, 5.74) is 2.86. The van der Waals surface area contributed by atoms with E-state index in [4.69, 9.17) is 14.1 Å². The lowest BCUT2D eigenvalue weighted by Crippen LogP contribution is -2.44. The van der Waals surface area contributed by atoms with E-state index in [0.717, 1.165) is 42.9 Å². The molecule has 7 nitrogen and oxygen atoms in total. The van der Waals surface area contributed by atoms with Crippen molar-refractivity contribution in [3.63, 3.8) is 0 Å². The molecule has 0 aromatic heterocycles. The van der Waals surface area contributed by atoms with Crippen LogP contribution in [0, 0.1) is 0 Å². The number of esters is 1. The first-order chi connectivity index (χ1) is 13.4. The minimum atomic E-state index is -0.373. The van der Waals surface area contributed by atoms with Crippen LogP contribution in [0.2, 0.25) is 0 Å². The van der Waals surface area contributed by atoms with Gasteiger partial charge in [-0.15, -0.1) is 0 Å². The topological polar surface area (TPSA) is 61.8 Å². The molecule has 0 amide bonds. The van der Waals surface area contributed by atoms with Crippen molar-refractivity contribution in [1.29, 1.82) is 0 Å². The van der Waals surface area contributed by atoms with E-state index in [1.807, 2.05) is 49.0 Å². The average Bonchev–Trinajstić information content (AvgIpc) is 2.66. The highest BCUT2D eigenvalue weighted by Crippen LogP contribution is 2.34. The molecule has 0 unspecified atom stereocenters. The third kappa shape index (κ3) is 3.57. The molecule has 0 spiro atoms. The van der Waals surface area contributed by atoms with E-state index in [1.165, 1.54) is 6.92 Å². The van der Waals surface area contributed by atoms with Gasteiger partial charge in [0.1, 0.15) is 25.3 Å². The molecule has 0 N–H and O–H groups in total. The number of nitrogens with zero attached hydrogens (tertiary/aromatic N) is 4. The summed E-state index contributed by atoms with van der Waals surface area (Å²) in [6.45, 7) is 5.19. The minimum Gasteiger partial charge on any atom is -0.452 e. The molecule has 1 aliphatic carbocycles. The summed E-state index contributed by atoms with van der Waals surface area (Å²) in [6.07, 6.45) is 0. The number of anilines is 1. The normalized spacial score (nSPS) is 15.2. The van der Waals surface area contributed by atoms with Gasteiger partial charge in [0.25, 0.3) is 0 Å². The van der Waals surface area contributed by atoms with E-state index in [-0.39, 0.29) is 5.97 Å². The van der Waals surface area contributed by atoms with Crippen molar-refractivity contribution in [3.05, 3.63) is 35.7 Å². The summed E-state index contributed by atoms with van der Waals surface area (Å²) in [5.74, 6) is 0.756. The van der Waals surface area contributed by atoms with Crippen LogP contribution in [0.15, 0.2) is 34.7 Å². The second-order valence-corrected chi connectivity index (χ2v) is 7.43. The fraction of sp³-hybridized carbons (Fsp3) is 0.381. The zero-order valence-corrected chi connectivity index (χ0v) is 16.7. The summed E-state index contributed by atoms with van der Waals surface area (Å²) in [7, 11) is 6.09. The molecule has 146 valence electrons. The molecular weight excluding hydrogens is 356 g/mol. The van der Waals surface area contributed by atoms with Crippen molar-refractivity contribution >= 4 is 22.8 Å². The monoisotopic (exact) mass is 381 g/mol. The molecule has 0 radical (unpaired) electrons. The van der Waals surface area contributed by atoms with Crippen LogP contribution in [-0.2, 0) is 4.79 Å². The molecule has 1 fully saturated rings. The van der Waals surface area contributed by atoms with Gasteiger partial charge >= 0.3 is 5.97 Å². The second kappa shape index (κ2) is 7.24. The van der Waals surface area contributed by atoms with Crippen LogP contribution in [0.4, 0.5) is 5.69 Å². The Morgan fingerprint density at radius 2 is 1.89 bits per heavy atom. The lowest BCUT2D eigenvalue weighted by Gasteiger charge is -2.34. The quantitative estimate of drug-likeness (QED) is 0.291. The lowest BCUT2D eigenvalue weighted by molar-refractivity contribution is -0.131. The average molecular weight is 381 g/mol. The van der Waals surface area contributed by atoms with Crippen molar-refractivity contribution in [3.8, 4) is 17.2 Å². The zero-order valence-electron chi connectivity index (χ0n) is 16.7. The largest absolute Gasteiger partial charge is 0.452 e. The first kappa shape index (κ1) is 18.4. The third-order valence-corrected chi connectivity index (χ3v) is 5.06. The van der Waals surface area contributed by atoms with Crippen LogP contribution in [0.3, 0.4) is 0 Å². The molecule has 2 aliphatic heterocycles.